The number of benzene rings is 1. The van der Waals surface area contributed by atoms with Gasteiger partial charge in [0.25, 0.3) is 0 Å². The quantitative estimate of drug-likeness (QED) is 0.477. The molecule has 0 radical (unpaired) electrons. The van der Waals surface area contributed by atoms with Crippen LogP contribution in [-0.2, 0) is 0 Å². The van der Waals surface area contributed by atoms with Gasteiger partial charge in [-0.2, -0.15) is 11.8 Å². The van der Waals surface area contributed by atoms with E-state index in [1.807, 2.05) is 0 Å². The first-order chi connectivity index (χ1) is 6.24. The highest BCUT2D eigenvalue weighted by Crippen LogP contribution is 2.25. The van der Waals surface area contributed by atoms with E-state index < -0.39 is 0 Å². The molecule has 0 saturated carbocycles. The molecule has 0 atom stereocenters. The maximum atomic E-state index is 12.8. The summed E-state index contributed by atoms with van der Waals surface area (Å²) in [5, 5.41) is 0. The number of anilines is 1. The molecule has 1 rings (SSSR count). The van der Waals surface area contributed by atoms with Crippen LogP contribution in [0.4, 0.5) is 10.1 Å². The Morgan fingerprint density at radius 1 is 1.38 bits per heavy atom. The monoisotopic (exact) mass is 217 g/mol. The van der Waals surface area contributed by atoms with Crippen LogP contribution >= 0.6 is 23.5 Å². The predicted molar refractivity (Wildman–Crippen MR) is 59.9 cm³/mol. The number of thioether (sulfide) groups is 2. The van der Waals surface area contributed by atoms with Crippen molar-refractivity contribution in [2.75, 3.05) is 23.5 Å². The van der Waals surface area contributed by atoms with Crippen LogP contribution in [0.2, 0.25) is 0 Å². The molecule has 1 nitrogen and oxygen atoms in total. The van der Waals surface area contributed by atoms with Crippen LogP contribution in [0.25, 0.3) is 0 Å². The molecular weight excluding hydrogens is 205 g/mol. The van der Waals surface area contributed by atoms with E-state index in [4.69, 9.17) is 5.73 Å². The zero-order valence-corrected chi connectivity index (χ0v) is 9.05. The first-order valence-corrected chi connectivity index (χ1v) is 6.28. The number of halogens is 1. The van der Waals surface area contributed by atoms with Crippen LogP contribution in [0, 0.1) is 5.82 Å². The van der Waals surface area contributed by atoms with Gasteiger partial charge in [0.1, 0.15) is 5.82 Å². The normalized spacial score (nSPS) is 10.3. The van der Waals surface area contributed by atoms with Gasteiger partial charge in [0.2, 0.25) is 0 Å². The van der Waals surface area contributed by atoms with E-state index in [0.717, 1.165) is 16.4 Å². The van der Waals surface area contributed by atoms with Crippen molar-refractivity contribution in [3.05, 3.63) is 24.0 Å². The van der Waals surface area contributed by atoms with E-state index in [9.17, 15) is 4.39 Å². The molecule has 0 amide bonds. The molecule has 0 spiro atoms. The number of hydrogen-bond donors (Lipinski definition) is 1. The highest BCUT2D eigenvalue weighted by Gasteiger charge is 2.00. The summed E-state index contributed by atoms with van der Waals surface area (Å²) >= 11 is 3.38. The van der Waals surface area contributed by atoms with Crippen LogP contribution in [-0.4, -0.2) is 17.8 Å². The Morgan fingerprint density at radius 2 is 2.15 bits per heavy atom. The summed E-state index contributed by atoms with van der Waals surface area (Å²) in [6.07, 6.45) is 2.05. The second-order valence-corrected chi connectivity index (χ2v) is 4.65. The lowest BCUT2D eigenvalue weighted by Crippen LogP contribution is -1.91. The molecule has 0 unspecified atom stereocenters. The van der Waals surface area contributed by atoms with Gasteiger partial charge in [-0.15, -0.1) is 11.8 Å². The summed E-state index contributed by atoms with van der Waals surface area (Å²) in [6, 6.07) is 4.48. The zero-order valence-electron chi connectivity index (χ0n) is 7.42. The van der Waals surface area contributed by atoms with Crippen molar-refractivity contribution >= 4 is 29.2 Å². The van der Waals surface area contributed by atoms with Crippen molar-refractivity contribution in [3.63, 3.8) is 0 Å². The second kappa shape index (κ2) is 5.40. The molecule has 0 saturated heterocycles. The second-order valence-electron chi connectivity index (χ2n) is 2.52. The van der Waals surface area contributed by atoms with Gasteiger partial charge in [0, 0.05) is 22.1 Å². The maximum Gasteiger partial charge on any atom is 0.124 e. The maximum absolute atomic E-state index is 12.8. The van der Waals surface area contributed by atoms with Crippen molar-refractivity contribution in [1.29, 1.82) is 0 Å². The Labute approximate surface area is 86.3 Å². The molecule has 13 heavy (non-hydrogen) atoms. The van der Waals surface area contributed by atoms with Crippen molar-refractivity contribution in [2.45, 2.75) is 4.90 Å². The fraction of sp³-hybridized carbons (Fsp3) is 0.333. The van der Waals surface area contributed by atoms with Crippen molar-refractivity contribution in [3.8, 4) is 0 Å². The first kappa shape index (κ1) is 10.7. The van der Waals surface area contributed by atoms with E-state index in [0.29, 0.717) is 5.69 Å². The summed E-state index contributed by atoms with van der Waals surface area (Å²) in [5.74, 6) is 1.80. The number of nitrogens with two attached hydrogens (primary N) is 1. The average molecular weight is 217 g/mol. The minimum Gasteiger partial charge on any atom is -0.398 e. The number of hydrogen-bond acceptors (Lipinski definition) is 3. The largest absolute Gasteiger partial charge is 0.398 e. The van der Waals surface area contributed by atoms with Gasteiger partial charge in [0.15, 0.2) is 0 Å². The molecule has 0 heterocycles. The van der Waals surface area contributed by atoms with Crippen molar-refractivity contribution in [1.82, 2.24) is 0 Å². The van der Waals surface area contributed by atoms with Crippen LogP contribution in [0.15, 0.2) is 23.1 Å². The van der Waals surface area contributed by atoms with Gasteiger partial charge in [-0.05, 0) is 24.5 Å². The first-order valence-electron chi connectivity index (χ1n) is 3.91. The summed E-state index contributed by atoms with van der Waals surface area (Å²) in [5.41, 5.74) is 6.34. The van der Waals surface area contributed by atoms with Gasteiger partial charge in [-0.3, -0.25) is 0 Å². The molecule has 0 aliphatic heterocycles. The zero-order chi connectivity index (χ0) is 9.68. The fourth-order valence-corrected chi connectivity index (χ4v) is 2.52. The van der Waals surface area contributed by atoms with Gasteiger partial charge in [-0.1, -0.05) is 0 Å². The van der Waals surface area contributed by atoms with Crippen LogP contribution in [0.5, 0.6) is 0 Å². The van der Waals surface area contributed by atoms with E-state index in [-0.39, 0.29) is 5.82 Å². The lowest BCUT2D eigenvalue weighted by atomic mass is 10.3. The lowest BCUT2D eigenvalue weighted by molar-refractivity contribution is 0.624. The Bertz CT molecular complexity index is 278. The highest BCUT2D eigenvalue weighted by atomic mass is 32.2. The van der Waals surface area contributed by atoms with E-state index in [1.165, 1.54) is 12.1 Å². The Kier molecular flexibility index (Phi) is 4.45. The number of rotatable bonds is 4. The van der Waals surface area contributed by atoms with Crippen LogP contribution in [0.1, 0.15) is 0 Å². The third-order valence-electron chi connectivity index (χ3n) is 1.52. The summed E-state index contributed by atoms with van der Waals surface area (Å²) < 4.78 is 12.8. The molecule has 1 aromatic rings. The highest BCUT2D eigenvalue weighted by molar-refractivity contribution is 8.02. The van der Waals surface area contributed by atoms with Gasteiger partial charge in [0.05, 0.1) is 0 Å². The summed E-state index contributed by atoms with van der Waals surface area (Å²) in [7, 11) is 0. The summed E-state index contributed by atoms with van der Waals surface area (Å²) in [4.78, 5) is 0.842. The molecule has 0 aromatic heterocycles. The van der Waals surface area contributed by atoms with Gasteiger partial charge >= 0.3 is 0 Å². The lowest BCUT2D eigenvalue weighted by Gasteiger charge is -2.04. The molecule has 2 N–H and O–H groups in total. The van der Waals surface area contributed by atoms with Crippen molar-refractivity contribution in [2.24, 2.45) is 0 Å². The van der Waals surface area contributed by atoms with Crippen LogP contribution < -0.4 is 5.73 Å². The molecule has 0 fully saturated rings. The molecular formula is C9H12FNS2. The predicted octanol–water partition coefficient (Wildman–Crippen LogP) is 2.86. The number of nitrogen functional groups attached to an aromatic ring is 1. The standard InChI is InChI=1S/C9H12FNS2/c1-12-4-5-13-9-6-7(10)2-3-8(9)11/h2-3,6H,4-5,11H2,1H3. The summed E-state index contributed by atoms with van der Waals surface area (Å²) in [6.45, 7) is 0. The Balaban J connectivity index is 2.59. The van der Waals surface area contributed by atoms with Gasteiger partial charge < -0.3 is 5.73 Å². The molecule has 0 aliphatic carbocycles. The molecule has 1 aromatic carbocycles. The third kappa shape index (κ3) is 3.48. The topological polar surface area (TPSA) is 26.0 Å². The Morgan fingerprint density at radius 3 is 2.85 bits per heavy atom. The average Bonchev–Trinajstić information content (AvgIpc) is 2.11. The molecule has 0 aliphatic rings. The molecule has 4 heteroatoms. The molecule has 0 bridgehead atoms. The van der Waals surface area contributed by atoms with Crippen LogP contribution in [0.3, 0.4) is 0 Å². The minimum atomic E-state index is -0.221. The van der Waals surface area contributed by atoms with Gasteiger partial charge in [-0.25, -0.2) is 4.39 Å². The Hall–Kier alpha value is -0.350. The van der Waals surface area contributed by atoms with E-state index >= 15 is 0 Å². The third-order valence-corrected chi connectivity index (χ3v) is 3.46. The van der Waals surface area contributed by atoms with E-state index in [1.54, 1.807) is 29.6 Å². The van der Waals surface area contributed by atoms with E-state index in [2.05, 4.69) is 6.26 Å². The minimum absolute atomic E-state index is 0.221. The molecule has 72 valence electrons. The SMILES string of the molecule is CSCCSc1cc(F)ccc1N. The fourth-order valence-electron chi connectivity index (χ4n) is 0.868. The van der Waals surface area contributed by atoms with Crippen molar-refractivity contribution < 1.29 is 4.39 Å². The smallest absolute Gasteiger partial charge is 0.124 e.